The molecular weight excluding hydrogens is 386 g/mol. The fraction of sp³-hybridized carbons (Fsp3) is 0.0800. The lowest BCUT2D eigenvalue weighted by Gasteiger charge is -2.12. The molecule has 0 bridgehead atoms. The molecule has 6 nitrogen and oxygen atoms in total. The van der Waals surface area contributed by atoms with E-state index in [1.165, 1.54) is 0 Å². The Morgan fingerprint density at radius 1 is 0.903 bits per heavy atom. The highest BCUT2D eigenvalue weighted by Gasteiger charge is 2.18. The zero-order chi connectivity index (χ0) is 21.2. The van der Waals surface area contributed by atoms with Gasteiger partial charge in [0.25, 0.3) is 5.91 Å². The number of hydrogen-bond acceptors (Lipinski definition) is 3. The van der Waals surface area contributed by atoms with Crippen molar-refractivity contribution in [1.29, 1.82) is 0 Å². The average molecular weight is 407 g/mol. The van der Waals surface area contributed by atoms with Gasteiger partial charge in [0.1, 0.15) is 5.82 Å². The Balaban J connectivity index is 1.60. The minimum Gasteiger partial charge on any atom is -0.306 e. The Hall–Kier alpha value is -4.19. The lowest BCUT2D eigenvalue weighted by molar-refractivity contribution is 0.102. The molecule has 0 atom stereocenters. The topological polar surface area (TPSA) is 64.7 Å². The fourth-order valence-corrected chi connectivity index (χ4v) is 3.67. The van der Waals surface area contributed by atoms with Gasteiger partial charge in [0.05, 0.1) is 23.3 Å². The highest BCUT2D eigenvalue weighted by molar-refractivity contribution is 6.03. The molecule has 0 fully saturated rings. The third-order valence-electron chi connectivity index (χ3n) is 5.12. The normalized spacial score (nSPS) is 11.0. The van der Waals surface area contributed by atoms with Crippen LogP contribution >= 0.6 is 0 Å². The van der Waals surface area contributed by atoms with Gasteiger partial charge in [-0.15, -0.1) is 0 Å². The number of imidazole rings is 1. The van der Waals surface area contributed by atoms with Crippen molar-refractivity contribution in [2.75, 3.05) is 5.32 Å². The number of aryl methyl sites for hydroxylation is 1. The van der Waals surface area contributed by atoms with E-state index in [1.54, 1.807) is 16.8 Å². The standard InChI is InChI=1S/C25H21N5O/c1-18-16-23(27-24(31)20-12-6-3-7-13-20)30(28-18)25-26-21-14-8-9-15-22(21)29(25)17-19-10-4-2-5-11-19/h2-16H,17H2,1H3,(H,27,31). The summed E-state index contributed by atoms with van der Waals surface area (Å²) in [5.41, 5.74) is 4.43. The second-order valence-corrected chi connectivity index (χ2v) is 7.38. The maximum Gasteiger partial charge on any atom is 0.256 e. The van der Waals surface area contributed by atoms with Gasteiger partial charge < -0.3 is 9.88 Å². The molecule has 1 N–H and O–H groups in total. The number of nitrogens with one attached hydrogen (secondary N) is 1. The Kier molecular flexibility index (Phi) is 4.80. The van der Waals surface area contributed by atoms with Crippen LogP contribution in [0.5, 0.6) is 0 Å². The van der Waals surface area contributed by atoms with Crippen LogP contribution in [-0.4, -0.2) is 25.2 Å². The lowest BCUT2D eigenvalue weighted by Crippen LogP contribution is -2.17. The first-order valence-corrected chi connectivity index (χ1v) is 10.1. The Bertz CT molecular complexity index is 1350. The van der Waals surface area contributed by atoms with Crippen molar-refractivity contribution in [3.63, 3.8) is 0 Å². The minimum absolute atomic E-state index is 0.188. The van der Waals surface area contributed by atoms with Crippen LogP contribution in [0.1, 0.15) is 21.6 Å². The summed E-state index contributed by atoms with van der Waals surface area (Å²) in [6.45, 7) is 2.54. The van der Waals surface area contributed by atoms with E-state index in [9.17, 15) is 4.79 Å². The van der Waals surface area contributed by atoms with Gasteiger partial charge in [-0.3, -0.25) is 4.79 Å². The van der Waals surface area contributed by atoms with Gasteiger partial charge in [-0.05, 0) is 36.8 Å². The largest absolute Gasteiger partial charge is 0.306 e. The molecule has 0 aliphatic rings. The number of aromatic nitrogens is 4. The van der Waals surface area contributed by atoms with Gasteiger partial charge >= 0.3 is 0 Å². The van der Waals surface area contributed by atoms with Crippen LogP contribution in [-0.2, 0) is 6.54 Å². The van der Waals surface area contributed by atoms with Crippen molar-refractivity contribution in [2.24, 2.45) is 0 Å². The second kappa shape index (κ2) is 7.91. The van der Waals surface area contributed by atoms with Gasteiger partial charge in [0, 0.05) is 11.6 Å². The molecule has 31 heavy (non-hydrogen) atoms. The molecule has 152 valence electrons. The second-order valence-electron chi connectivity index (χ2n) is 7.38. The maximum atomic E-state index is 12.8. The monoisotopic (exact) mass is 407 g/mol. The van der Waals surface area contributed by atoms with Crippen LogP contribution in [0, 0.1) is 6.92 Å². The summed E-state index contributed by atoms with van der Waals surface area (Å²) in [6, 6.07) is 29.2. The molecule has 0 saturated carbocycles. The average Bonchev–Trinajstić information content (AvgIpc) is 3.35. The van der Waals surface area contributed by atoms with Crippen LogP contribution in [0.2, 0.25) is 0 Å². The Morgan fingerprint density at radius 2 is 1.58 bits per heavy atom. The van der Waals surface area contributed by atoms with Crippen molar-refractivity contribution in [2.45, 2.75) is 13.5 Å². The molecule has 3 aromatic carbocycles. The first-order valence-electron chi connectivity index (χ1n) is 10.1. The molecule has 0 aliphatic carbocycles. The summed E-state index contributed by atoms with van der Waals surface area (Å²) in [7, 11) is 0. The van der Waals surface area contributed by atoms with Gasteiger partial charge in [0.15, 0.2) is 0 Å². The van der Waals surface area contributed by atoms with Crippen LogP contribution < -0.4 is 5.32 Å². The van der Waals surface area contributed by atoms with Gasteiger partial charge in [-0.25, -0.2) is 4.98 Å². The van der Waals surface area contributed by atoms with E-state index in [0.717, 1.165) is 22.3 Å². The summed E-state index contributed by atoms with van der Waals surface area (Å²) in [5, 5.41) is 7.63. The molecule has 0 radical (unpaired) electrons. The van der Waals surface area contributed by atoms with Crippen molar-refractivity contribution >= 4 is 22.8 Å². The fourth-order valence-electron chi connectivity index (χ4n) is 3.67. The Morgan fingerprint density at radius 3 is 2.35 bits per heavy atom. The number of fused-ring (bicyclic) bond motifs is 1. The third kappa shape index (κ3) is 3.71. The van der Waals surface area contributed by atoms with Crippen LogP contribution in [0.4, 0.5) is 5.82 Å². The number of hydrogen-bond donors (Lipinski definition) is 1. The number of anilines is 1. The highest BCUT2D eigenvalue weighted by atomic mass is 16.1. The summed E-state index contributed by atoms with van der Waals surface area (Å²) >= 11 is 0. The predicted molar refractivity (Wildman–Crippen MR) is 122 cm³/mol. The first kappa shape index (κ1) is 18.8. The first-order chi connectivity index (χ1) is 15.2. The van der Waals surface area contributed by atoms with E-state index in [-0.39, 0.29) is 5.91 Å². The quantitative estimate of drug-likeness (QED) is 0.454. The molecule has 0 aliphatic heterocycles. The maximum absolute atomic E-state index is 12.8. The predicted octanol–water partition coefficient (Wildman–Crippen LogP) is 4.83. The zero-order valence-corrected chi connectivity index (χ0v) is 17.1. The number of carbonyl (C=O) groups excluding carboxylic acids is 1. The molecule has 2 heterocycles. The number of carbonyl (C=O) groups is 1. The molecule has 6 heteroatoms. The summed E-state index contributed by atoms with van der Waals surface area (Å²) in [4.78, 5) is 17.6. The number of rotatable bonds is 5. The van der Waals surface area contributed by atoms with Gasteiger partial charge in [0.2, 0.25) is 5.95 Å². The van der Waals surface area contributed by atoms with Gasteiger partial charge in [-0.2, -0.15) is 9.78 Å². The smallest absolute Gasteiger partial charge is 0.256 e. The molecule has 0 spiro atoms. The van der Waals surface area contributed by atoms with Crippen molar-refractivity contribution in [1.82, 2.24) is 19.3 Å². The molecule has 5 rings (SSSR count). The van der Waals surface area contributed by atoms with E-state index < -0.39 is 0 Å². The zero-order valence-electron chi connectivity index (χ0n) is 17.1. The van der Waals surface area contributed by atoms with E-state index in [4.69, 9.17) is 4.98 Å². The lowest BCUT2D eigenvalue weighted by atomic mass is 10.2. The molecule has 2 aromatic heterocycles. The SMILES string of the molecule is Cc1cc(NC(=O)c2ccccc2)n(-c2nc3ccccc3n2Cc2ccccc2)n1. The van der Waals surface area contributed by atoms with Crippen LogP contribution in [0.15, 0.2) is 91.0 Å². The number of nitrogens with zero attached hydrogens (tertiary/aromatic N) is 4. The number of amides is 1. The molecule has 0 unspecified atom stereocenters. The van der Waals surface area contributed by atoms with E-state index in [2.05, 4.69) is 27.1 Å². The minimum atomic E-state index is -0.188. The van der Waals surface area contributed by atoms with Crippen LogP contribution in [0.3, 0.4) is 0 Å². The highest BCUT2D eigenvalue weighted by Crippen LogP contribution is 2.24. The van der Waals surface area contributed by atoms with Crippen molar-refractivity contribution < 1.29 is 4.79 Å². The summed E-state index contributed by atoms with van der Waals surface area (Å²) in [6.07, 6.45) is 0. The van der Waals surface area contributed by atoms with E-state index in [1.807, 2.05) is 73.7 Å². The summed E-state index contributed by atoms with van der Waals surface area (Å²) < 4.78 is 3.83. The van der Waals surface area contributed by atoms with E-state index >= 15 is 0 Å². The van der Waals surface area contributed by atoms with Crippen molar-refractivity contribution in [3.8, 4) is 5.95 Å². The molecular formula is C25H21N5O. The molecule has 5 aromatic rings. The molecule has 0 saturated heterocycles. The van der Waals surface area contributed by atoms with Crippen molar-refractivity contribution in [3.05, 3.63) is 108 Å². The number of benzene rings is 3. The number of para-hydroxylation sites is 2. The third-order valence-corrected chi connectivity index (χ3v) is 5.12. The summed E-state index contributed by atoms with van der Waals surface area (Å²) in [5.74, 6) is 1.05. The Labute approximate surface area is 179 Å². The molecule has 1 amide bonds. The van der Waals surface area contributed by atoms with E-state index in [0.29, 0.717) is 23.9 Å². The van der Waals surface area contributed by atoms with Crippen LogP contribution in [0.25, 0.3) is 17.0 Å². The van der Waals surface area contributed by atoms with Gasteiger partial charge in [-0.1, -0.05) is 60.7 Å².